The Labute approximate surface area is 223 Å². The molecule has 2 N–H and O–H groups in total. The number of benzene rings is 3. The molecule has 3 aliphatic rings. The number of fused-ring (bicyclic) bond motifs is 2. The fourth-order valence-corrected chi connectivity index (χ4v) is 5.82. The smallest absolute Gasteiger partial charge is 0.231 e. The molecule has 0 saturated carbocycles. The lowest BCUT2D eigenvalue weighted by molar-refractivity contribution is -0.130. The maximum absolute atomic E-state index is 13.4. The van der Waals surface area contributed by atoms with Crippen molar-refractivity contribution in [2.75, 3.05) is 25.2 Å². The molecule has 2 amide bonds. The van der Waals surface area contributed by atoms with E-state index < -0.39 is 0 Å². The number of carbonyl (C=O) groups is 2. The van der Waals surface area contributed by atoms with Gasteiger partial charge < -0.3 is 20.1 Å². The molecule has 2 aliphatic heterocycles. The molecule has 3 aromatic carbocycles. The summed E-state index contributed by atoms with van der Waals surface area (Å²) in [6.07, 6.45) is 3.88. The lowest BCUT2D eigenvalue weighted by atomic mass is 9.87. The quantitative estimate of drug-likeness (QED) is 0.495. The van der Waals surface area contributed by atoms with E-state index in [1.54, 1.807) is 0 Å². The molecule has 7 heteroatoms. The molecular formula is C31H33N3O4. The third-order valence-corrected chi connectivity index (χ3v) is 7.79. The van der Waals surface area contributed by atoms with Gasteiger partial charge in [-0.1, -0.05) is 42.5 Å². The Hall–Kier alpha value is -3.84. The van der Waals surface area contributed by atoms with Gasteiger partial charge in [-0.25, -0.2) is 0 Å². The molecule has 3 aromatic rings. The van der Waals surface area contributed by atoms with Gasteiger partial charge in [0.15, 0.2) is 11.5 Å². The number of carbonyl (C=O) groups excluding carboxylic acids is 2. The van der Waals surface area contributed by atoms with Crippen LogP contribution in [0.3, 0.4) is 0 Å². The van der Waals surface area contributed by atoms with Crippen molar-refractivity contribution in [2.45, 2.75) is 38.8 Å². The predicted molar refractivity (Wildman–Crippen MR) is 145 cm³/mol. The van der Waals surface area contributed by atoms with Crippen LogP contribution in [0.4, 0.5) is 5.69 Å². The van der Waals surface area contributed by atoms with Gasteiger partial charge >= 0.3 is 0 Å². The highest BCUT2D eigenvalue weighted by molar-refractivity contribution is 5.93. The van der Waals surface area contributed by atoms with Gasteiger partial charge in [0.05, 0.1) is 11.8 Å². The average molecular weight is 512 g/mol. The van der Waals surface area contributed by atoms with Crippen LogP contribution in [-0.2, 0) is 35.5 Å². The first kappa shape index (κ1) is 24.5. The molecule has 1 saturated heterocycles. The summed E-state index contributed by atoms with van der Waals surface area (Å²) in [5.41, 5.74) is 5.68. The second-order valence-electron chi connectivity index (χ2n) is 10.5. The van der Waals surface area contributed by atoms with Gasteiger partial charge in [-0.3, -0.25) is 14.5 Å². The van der Waals surface area contributed by atoms with Crippen molar-refractivity contribution in [3.05, 3.63) is 89.0 Å². The summed E-state index contributed by atoms with van der Waals surface area (Å²) < 4.78 is 10.8. The van der Waals surface area contributed by atoms with Crippen molar-refractivity contribution >= 4 is 17.5 Å². The van der Waals surface area contributed by atoms with Crippen molar-refractivity contribution in [3.8, 4) is 11.5 Å². The van der Waals surface area contributed by atoms with Crippen molar-refractivity contribution in [2.24, 2.45) is 11.8 Å². The van der Waals surface area contributed by atoms with Crippen LogP contribution in [0.15, 0.2) is 66.7 Å². The number of anilines is 1. The van der Waals surface area contributed by atoms with Crippen LogP contribution in [-0.4, -0.2) is 36.6 Å². The highest BCUT2D eigenvalue weighted by Gasteiger charge is 2.35. The fourth-order valence-electron chi connectivity index (χ4n) is 5.82. The topological polar surface area (TPSA) is 79.9 Å². The van der Waals surface area contributed by atoms with E-state index in [-0.39, 0.29) is 30.4 Å². The fraction of sp³-hybridized carbons (Fsp3) is 0.355. The Morgan fingerprint density at radius 2 is 1.61 bits per heavy atom. The second kappa shape index (κ2) is 10.9. The Bertz CT molecular complexity index is 1330. The van der Waals surface area contributed by atoms with E-state index >= 15 is 0 Å². The van der Waals surface area contributed by atoms with E-state index in [4.69, 9.17) is 9.47 Å². The number of ether oxygens (including phenoxy) is 2. The minimum absolute atomic E-state index is 0.0192. The van der Waals surface area contributed by atoms with E-state index in [0.717, 1.165) is 29.8 Å². The molecule has 38 heavy (non-hydrogen) atoms. The van der Waals surface area contributed by atoms with Gasteiger partial charge in [-0.15, -0.1) is 0 Å². The zero-order valence-corrected chi connectivity index (χ0v) is 21.4. The van der Waals surface area contributed by atoms with Crippen LogP contribution in [0.1, 0.15) is 35.1 Å². The number of likely N-dealkylation sites (tertiary alicyclic amines) is 1. The third kappa shape index (κ3) is 5.53. The van der Waals surface area contributed by atoms with Crippen molar-refractivity contribution in [1.29, 1.82) is 0 Å². The Balaban J connectivity index is 1.14. The summed E-state index contributed by atoms with van der Waals surface area (Å²) >= 11 is 0. The van der Waals surface area contributed by atoms with Crippen molar-refractivity contribution in [1.82, 2.24) is 10.2 Å². The normalized spacial score (nSPS) is 20.1. The van der Waals surface area contributed by atoms with Gasteiger partial charge in [0.1, 0.15) is 0 Å². The summed E-state index contributed by atoms with van der Waals surface area (Å²) in [6, 6.07) is 22.2. The largest absolute Gasteiger partial charge is 0.454 e. The first-order valence-electron chi connectivity index (χ1n) is 13.5. The highest BCUT2D eigenvalue weighted by atomic mass is 16.7. The number of hydrogen-bond donors (Lipinski definition) is 2. The summed E-state index contributed by atoms with van der Waals surface area (Å²) in [6.45, 7) is 2.56. The number of nitrogens with one attached hydrogen (secondary N) is 2. The molecule has 0 spiro atoms. The zero-order valence-electron chi connectivity index (χ0n) is 21.4. The SMILES string of the molecule is O=C(NCc1ccc2c(c1)OCO2)[C@H]1C[C@@H](C(=O)Nc2ccc3c(c2)CCC3)CN(Cc2ccccc2)C1. The van der Waals surface area contributed by atoms with Crippen LogP contribution in [0, 0.1) is 11.8 Å². The first-order chi connectivity index (χ1) is 18.6. The van der Waals surface area contributed by atoms with E-state index in [1.807, 2.05) is 42.5 Å². The molecule has 2 atom stereocenters. The maximum atomic E-state index is 13.4. The zero-order chi connectivity index (χ0) is 25.9. The number of hydrogen-bond acceptors (Lipinski definition) is 5. The Morgan fingerprint density at radius 3 is 2.47 bits per heavy atom. The molecule has 196 valence electrons. The van der Waals surface area contributed by atoms with Gasteiger partial charge in [0, 0.05) is 31.9 Å². The van der Waals surface area contributed by atoms with Gasteiger partial charge in [0.25, 0.3) is 0 Å². The van der Waals surface area contributed by atoms with Crippen LogP contribution in [0.25, 0.3) is 0 Å². The molecule has 0 bridgehead atoms. The van der Waals surface area contributed by atoms with Gasteiger partial charge in [-0.2, -0.15) is 0 Å². The molecule has 1 aliphatic carbocycles. The Morgan fingerprint density at radius 1 is 0.816 bits per heavy atom. The molecule has 1 fully saturated rings. The summed E-state index contributed by atoms with van der Waals surface area (Å²) in [5, 5.41) is 6.23. The van der Waals surface area contributed by atoms with Crippen LogP contribution in [0.5, 0.6) is 11.5 Å². The maximum Gasteiger partial charge on any atom is 0.231 e. The summed E-state index contributed by atoms with van der Waals surface area (Å²) in [7, 11) is 0. The minimum Gasteiger partial charge on any atom is -0.454 e. The average Bonchev–Trinajstić information content (AvgIpc) is 3.61. The number of amides is 2. The van der Waals surface area contributed by atoms with E-state index in [0.29, 0.717) is 38.3 Å². The minimum atomic E-state index is -0.280. The van der Waals surface area contributed by atoms with Crippen LogP contribution in [0.2, 0.25) is 0 Å². The van der Waals surface area contributed by atoms with Gasteiger partial charge in [-0.05, 0) is 72.2 Å². The molecule has 6 rings (SSSR count). The molecule has 2 heterocycles. The number of aryl methyl sites for hydroxylation is 2. The van der Waals surface area contributed by atoms with Crippen LogP contribution < -0.4 is 20.1 Å². The lowest BCUT2D eigenvalue weighted by Gasteiger charge is -2.36. The molecule has 0 aromatic heterocycles. The number of rotatable bonds is 7. The third-order valence-electron chi connectivity index (χ3n) is 7.79. The molecular weight excluding hydrogens is 478 g/mol. The van der Waals surface area contributed by atoms with E-state index in [9.17, 15) is 9.59 Å². The molecule has 0 unspecified atom stereocenters. The summed E-state index contributed by atoms with van der Waals surface area (Å²) in [4.78, 5) is 29.0. The second-order valence-corrected chi connectivity index (χ2v) is 10.5. The van der Waals surface area contributed by atoms with Gasteiger partial charge in [0.2, 0.25) is 18.6 Å². The van der Waals surface area contributed by atoms with Crippen molar-refractivity contribution in [3.63, 3.8) is 0 Å². The molecule has 0 radical (unpaired) electrons. The standard InChI is InChI=1S/C31H33N3O4/c35-30(32-16-22-9-12-28-29(13-22)38-20-37-28)25-14-26(19-34(18-25)17-21-5-2-1-3-6-21)31(36)33-27-11-10-23-7-4-8-24(23)15-27/h1-3,5-6,9-13,15,25-26H,4,7-8,14,16-20H2,(H,32,35)(H,33,36)/t25-,26+/m0/s1. The van der Waals surface area contributed by atoms with E-state index in [1.165, 1.54) is 23.1 Å². The number of nitrogens with zero attached hydrogens (tertiary/aromatic N) is 1. The van der Waals surface area contributed by atoms with Crippen molar-refractivity contribution < 1.29 is 19.1 Å². The first-order valence-corrected chi connectivity index (χ1v) is 13.5. The number of piperidine rings is 1. The lowest BCUT2D eigenvalue weighted by Crippen LogP contribution is -2.48. The Kier molecular flexibility index (Phi) is 7.01. The monoisotopic (exact) mass is 511 g/mol. The van der Waals surface area contributed by atoms with E-state index in [2.05, 4.69) is 39.8 Å². The molecule has 7 nitrogen and oxygen atoms in total. The van der Waals surface area contributed by atoms with Crippen LogP contribution >= 0.6 is 0 Å². The predicted octanol–water partition coefficient (Wildman–Crippen LogP) is 4.30. The highest BCUT2D eigenvalue weighted by Crippen LogP contribution is 2.33. The summed E-state index contributed by atoms with van der Waals surface area (Å²) in [5.74, 6) is 0.817.